The first-order valence-electron chi connectivity index (χ1n) is 13.9. The summed E-state index contributed by atoms with van der Waals surface area (Å²) >= 11 is 7.08. The second-order valence-corrected chi connectivity index (χ2v) is 11.5. The molecule has 0 atom stereocenters. The zero-order chi connectivity index (χ0) is 30.3. The Morgan fingerprint density at radius 3 is 2.51 bits per heavy atom. The van der Waals surface area contributed by atoms with E-state index in [1.807, 2.05) is 74.5 Å². The second kappa shape index (κ2) is 11.2. The predicted molar refractivity (Wildman–Crippen MR) is 168 cm³/mol. The molecule has 4 heterocycles. The second-order valence-electron chi connectivity index (χ2n) is 11.1. The van der Waals surface area contributed by atoms with Crippen LogP contribution in [-0.4, -0.2) is 56.1 Å². The van der Waals surface area contributed by atoms with Crippen molar-refractivity contribution in [2.75, 3.05) is 25.5 Å². The van der Waals surface area contributed by atoms with Crippen LogP contribution in [0, 0.1) is 19.3 Å². The number of carboxylic acids is 1. The van der Waals surface area contributed by atoms with Gasteiger partial charge in [0.15, 0.2) is 5.82 Å². The number of nitrogens with zero attached hydrogens (tertiary/aromatic N) is 5. The molecule has 0 saturated carbocycles. The summed E-state index contributed by atoms with van der Waals surface area (Å²) < 4.78 is 5.64. The fraction of sp³-hybridized carbons (Fsp3) is 0.242. The average Bonchev–Trinajstić information content (AvgIpc) is 2.97. The number of hydrogen-bond acceptors (Lipinski definition) is 8. The van der Waals surface area contributed by atoms with Gasteiger partial charge in [-0.2, -0.15) is 0 Å². The van der Waals surface area contributed by atoms with Gasteiger partial charge in [0.25, 0.3) is 0 Å². The van der Waals surface area contributed by atoms with Crippen molar-refractivity contribution in [2.45, 2.75) is 27.3 Å². The van der Waals surface area contributed by atoms with Crippen molar-refractivity contribution >= 4 is 40.1 Å². The third-order valence-corrected chi connectivity index (χ3v) is 8.31. The van der Waals surface area contributed by atoms with Crippen molar-refractivity contribution in [3.63, 3.8) is 0 Å². The maximum atomic E-state index is 11.5. The van der Waals surface area contributed by atoms with Gasteiger partial charge in [-0.3, -0.25) is 14.7 Å². The van der Waals surface area contributed by atoms with Crippen LogP contribution < -0.4 is 10.1 Å². The van der Waals surface area contributed by atoms with Crippen LogP contribution in [0.15, 0.2) is 66.9 Å². The van der Waals surface area contributed by atoms with Crippen LogP contribution >= 0.6 is 11.6 Å². The fourth-order valence-electron chi connectivity index (χ4n) is 5.64. The molecule has 1 aliphatic heterocycles. The summed E-state index contributed by atoms with van der Waals surface area (Å²) in [5, 5.41) is 13.5. The molecule has 0 aliphatic carbocycles. The van der Waals surface area contributed by atoms with Gasteiger partial charge in [-0.1, -0.05) is 48.0 Å². The summed E-state index contributed by atoms with van der Waals surface area (Å²) in [4.78, 5) is 32.0. The molecular weight excluding hydrogens is 564 g/mol. The van der Waals surface area contributed by atoms with Gasteiger partial charge >= 0.3 is 5.97 Å². The number of halogens is 1. The number of ether oxygens (including phenoxy) is 1. The van der Waals surface area contributed by atoms with Crippen LogP contribution in [0.3, 0.4) is 0 Å². The van der Waals surface area contributed by atoms with E-state index in [1.165, 1.54) is 0 Å². The molecule has 1 saturated heterocycles. The lowest BCUT2D eigenvalue weighted by Crippen LogP contribution is -2.58. The Hall–Kier alpha value is -4.60. The van der Waals surface area contributed by atoms with Crippen LogP contribution in [0.2, 0.25) is 5.02 Å². The van der Waals surface area contributed by atoms with Gasteiger partial charge in [0.05, 0.1) is 28.8 Å². The SMILES string of the molecule is COc1nc(-c2cccc(-c3cccc(Nc4nc(C)nc5cccnc45)c3C)c2Cl)ccc1CN1CC(C)(C(=O)O)C1. The van der Waals surface area contributed by atoms with Crippen LogP contribution in [0.4, 0.5) is 11.5 Å². The van der Waals surface area contributed by atoms with Gasteiger partial charge in [-0.05, 0) is 56.2 Å². The number of likely N-dealkylation sites (tertiary alicyclic amines) is 1. The van der Waals surface area contributed by atoms with Crippen LogP contribution in [0.1, 0.15) is 23.9 Å². The van der Waals surface area contributed by atoms with Crippen molar-refractivity contribution in [1.82, 2.24) is 24.8 Å². The monoisotopic (exact) mass is 594 g/mol. The number of aliphatic carboxylic acids is 1. The number of nitrogens with one attached hydrogen (secondary N) is 1. The quantitative estimate of drug-likeness (QED) is 0.203. The normalized spacial score (nSPS) is 14.3. The van der Waals surface area contributed by atoms with Crippen molar-refractivity contribution in [1.29, 1.82) is 0 Å². The summed E-state index contributed by atoms with van der Waals surface area (Å²) in [5.74, 6) is 1.02. The molecule has 9 nitrogen and oxygen atoms in total. The topological polar surface area (TPSA) is 113 Å². The van der Waals surface area contributed by atoms with E-state index in [9.17, 15) is 9.90 Å². The highest BCUT2D eigenvalue weighted by Gasteiger charge is 2.45. The number of aromatic nitrogens is 4. The molecule has 2 N–H and O–H groups in total. The van der Waals surface area contributed by atoms with E-state index >= 15 is 0 Å². The minimum absolute atomic E-state index is 0.484. The molecule has 2 aromatic carbocycles. The molecule has 0 bridgehead atoms. The van der Waals surface area contributed by atoms with E-state index in [0.29, 0.717) is 53.4 Å². The molecule has 218 valence electrons. The van der Waals surface area contributed by atoms with Gasteiger partial charge < -0.3 is 15.2 Å². The smallest absolute Gasteiger partial charge is 0.311 e. The number of pyridine rings is 2. The number of fused-ring (bicyclic) bond motifs is 1. The number of aryl methyl sites for hydroxylation is 1. The van der Waals surface area contributed by atoms with Crippen molar-refractivity contribution < 1.29 is 14.6 Å². The van der Waals surface area contributed by atoms with E-state index in [0.717, 1.165) is 39.0 Å². The van der Waals surface area contributed by atoms with Crippen LogP contribution in [-0.2, 0) is 11.3 Å². The van der Waals surface area contributed by atoms with Crippen molar-refractivity contribution in [3.8, 4) is 28.3 Å². The summed E-state index contributed by atoms with van der Waals surface area (Å²) in [6.07, 6.45) is 1.73. The van der Waals surface area contributed by atoms with Gasteiger partial charge in [-0.15, -0.1) is 0 Å². The minimum atomic E-state index is -0.773. The van der Waals surface area contributed by atoms with Gasteiger partial charge in [0.2, 0.25) is 5.88 Å². The summed E-state index contributed by atoms with van der Waals surface area (Å²) in [6.45, 7) is 7.20. The first-order chi connectivity index (χ1) is 20.7. The first-order valence-corrected chi connectivity index (χ1v) is 14.3. The number of benzene rings is 2. The largest absolute Gasteiger partial charge is 0.481 e. The highest BCUT2D eigenvalue weighted by molar-refractivity contribution is 6.36. The van der Waals surface area contributed by atoms with E-state index in [4.69, 9.17) is 21.3 Å². The van der Waals surface area contributed by atoms with E-state index in [-0.39, 0.29) is 0 Å². The third kappa shape index (κ3) is 5.37. The molecule has 0 radical (unpaired) electrons. The Balaban J connectivity index is 1.30. The number of carboxylic acid groups (broad SMARTS) is 1. The Labute approximate surface area is 254 Å². The van der Waals surface area contributed by atoms with Gasteiger partial charge in [0.1, 0.15) is 11.3 Å². The van der Waals surface area contributed by atoms with Gasteiger partial charge in [-0.25, -0.2) is 15.0 Å². The number of anilines is 2. The number of carbonyl (C=O) groups is 1. The maximum Gasteiger partial charge on any atom is 0.311 e. The zero-order valence-electron chi connectivity index (χ0n) is 24.3. The Bertz CT molecular complexity index is 1870. The molecule has 0 spiro atoms. The summed E-state index contributed by atoms with van der Waals surface area (Å²) in [6, 6.07) is 19.6. The van der Waals surface area contributed by atoms with Crippen molar-refractivity contribution in [2.24, 2.45) is 5.41 Å². The molecule has 43 heavy (non-hydrogen) atoms. The van der Waals surface area contributed by atoms with E-state index in [1.54, 1.807) is 20.2 Å². The zero-order valence-corrected chi connectivity index (χ0v) is 25.1. The first kappa shape index (κ1) is 28.5. The third-order valence-electron chi connectivity index (χ3n) is 7.91. The molecule has 6 rings (SSSR count). The predicted octanol–water partition coefficient (Wildman–Crippen LogP) is 6.68. The Morgan fingerprint density at radius 2 is 1.74 bits per heavy atom. The molecule has 3 aromatic heterocycles. The van der Waals surface area contributed by atoms with Crippen LogP contribution in [0.25, 0.3) is 33.4 Å². The summed E-state index contributed by atoms with van der Waals surface area (Å²) in [7, 11) is 1.59. The van der Waals surface area contributed by atoms with E-state index < -0.39 is 11.4 Å². The highest BCUT2D eigenvalue weighted by Crippen LogP contribution is 2.40. The number of hydrogen-bond donors (Lipinski definition) is 2. The molecule has 1 aliphatic rings. The molecule has 1 fully saturated rings. The average molecular weight is 595 g/mol. The lowest BCUT2D eigenvalue weighted by atomic mass is 9.82. The fourth-order valence-corrected chi connectivity index (χ4v) is 5.97. The number of rotatable bonds is 8. The minimum Gasteiger partial charge on any atom is -0.481 e. The Morgan fingerprint density at radius 1 is 1.00 bits per heavy atom. The van der Waals surface area contributed by atoms with Crippen molar-refractivity contribution in [3.05, 3.63) is 88.8 Å². The van der Waals surface area contributed by atoms with Gasteiger partial charge in [0, 0.05) is 48.2 Å². The lowest BCUT2D eigenvalue weighted by molar-refractivity contribution is -0.158. The molecular formula is C33H31ClN6O3. The molecule has 5 aromatic rings. The maximum absolute atomic E-state index is 11.5. The van der Waals surface area contributed by atoms with Crippen LogP contribution in [0.5, 0.6) is 5.88 Å². The summed E-state index contributed by atoms with van der Waals surface area (Å²) in [5.41, 5.74) is 6.87. The molecule has 10 heteroatoms. The number of methoxy groups -OCH3 is 1. The molecule has 0 unspecified atom stereocenters. The standard InChI is InChI=1S/C33H31ClN6O3/c1-19-22(8-6-11-25(19)38-30-29-27(12-7-15-35-29)36-20(2)37-30)23-9-5-10-24(28(23)34)26-14-13-21(31(39-26)43-4)16-40-17-33(3,18-40)32(41)42/h5-15H,16-18H2,1-4H3,(H,41,42)(H,36,37,38). The highest BCUT2D eigenvalue weighted by atomic mass is 35.5. The molecule has 0 amide bonds. The Kier molecular flexibility index (Phi) is 7.45. The lowest BCUT2D eigenvalue weighted by Gasteiger charge is -2.45. The van der Waals surface area contributed by atoms with E-state index in [2.05, 4.69) is 25.2 Å².